The molecule has 0 spiro atoms. The number of hydrogen-bond donors (Lipinski definition) is 0. The number of halogens is 1. The lowest BCUT2D eigenvalue weighted by molar-refractivity contribution is -0.113. The predicted octanol–water partition coefficient (Wildman–Crippen LogP) is 12.4. The molecule has 0 bridgehead atoms. The van der Waals surface area contributed by atoms with Gasteiger partial charge in [0.15, 0.2) is 0 Å². The molecule has 4 aromatic carbocycles. The molecular weight excluding hydrogens is 1060 g/mol. The Hall–Kier alpha value is -3.52. The van der Waals surface area contributed by atoms with E-state index in [4.69, 9.17) is 66.3 Å². The molecule has 438 valence electrons. The first kappa shape index (κ1) is 67.0. The number of benzene rings is 4. The highest BCUT2D eigenvalue weighted by Gasteiger charge is 2.17. The fourth-order valence-corrected chi connectivity index (χ4v) is 7.92. The van der Waals surface area contributed by atoms with Crippen molar-refractivity contribution in [3.63, 3.8) is 0 Å². The number of methoxy groups -OCH3 is 1. The Morgan fingerprint density at radius 1 is 0.282 bits per heavy atom. The van der Waals surface area contributed by atoms with Crippen molar-refractivity contribution in [2.24, 2.45) is 0 Å². The topological polar surface area (TPSA) is 129 Å². The van der Waals surface area contributed by atoms with Crippen LogP contribution in [0.5, 0.6) is 11.5 Å². The van der Waals surface area contributed by atoms with Gasteiger partial charge in [-0.2, -0.15) is 0 Å². The molecule has 0 aliphatic rings. The van der Waals surface area contributed by atoms with Crippen molar-refractivity contribution >= 4 is 15.9 Å². The third-order valence-corrected chi connectivity index (χ3v) is 13.0. The molecule has 0 aliphatic carbocycles. The van der Waals surface area contributed by atoms with E-state index in [1.54, 1.807) is 7.11 Å². The maximum absolute atomic E-state index is 6.17. The van der Waals surface area contributed by atoms with E-state index >= 15 is 0 Å². The summed E-state index contributed by atoms with van der Waals surface area (Å²) in [6, 6.07) is 33.4. The molecule has 12 atom stereocenters. The molecule has 0 amide bonds. The highest BCUT2D eigenvalue weighted by atomic mass is 79.9. The van der Waals surface area contributed by atoms with Gasteiger partial charge in [0.2, 0.25) is 0 Å². The van der Waals surface area contributed by atoms with Crippen LogP contribution in [0.3, 0.4) is 0 Å². The zero-order valence-corrected chi connectivity index (χ0v) is 50.7. The Labute approximate surface area is 476 Å². The van der Waals surface area contributed by atoms with Crippen LogP contribution in [0.2, 0.25) is 0 Å². The Kier molecular flexibility index (Phi) is 32.8. The van der Waals surface area contributed by atoms with Gasteiger partial charge in [0, 0.05) is 12.4 Å². The summed E-state index contributed by atoms with van der Waals surface area (Å²) in [5.74, 6) is 1.61. The minimum Gasteiger partial charge on any atom is -0.489 e. The molecule has 0 heterocycles. The van der Waals surface area contributed by atoms with Crippen LogP contribution in [0.1, 0.15) is 94.2 Å². The lowest BCUT2D eigenvalue weighted by Gasteiger charge is -2.23. The van der Waals surface area contributed by atoms with E-state index in [0.717, 1.165) is 33.5 Å². The summed E-state index contributed by atoms with van der Waals surface area (Å²) in [6.45, 7) is 30.0. The van der Waals surface area contributed by atoms with E-state index in [2.05, 4.69) is 88.7 Å². The average molecular weight is 1160 g/mol. The number of hydrogen-bond acceptors (Lipinski definition) is 14. The fraction of sp³-hybridized carbons (Fsp3) is 0.619. The second kappa shape index (κ2) is 38.2. The van der Waals surface area contributed by atoms with E-state index in [1.165, 1.54) is 16.7 Å². The standard InChI is InChI=1S/C63H95BrO14/c1-44(31-65-13)66-32-45(2)67-33-46(3)68-34-47(4)69-35-48(5)70-36-49(6)71-37-50(7)72-38-51(8)73-39-52(9)74-40-53(10)75-41-54(11)76-42-55(12)78-63-28-24-61(25-29-63)60-22-26-62(27-23-60)77-43-57-16-20-59(21-17-57)58-18-14-56(30-64)15-19-58/h14-29,44-55H,30-43H2,1-13H3. The van der Waals surface area contributed by atoms with Crippen LogP contribution in [-0.4, -0.2) is 160 Å². The Morgan fingerprint density at radius 2 is 0.513 bits per heavy atom. The predicted molar refractivity (Wildman–Crippen MR) is 312 cm³/mol. The second-order valence-corrected chi connectivity index (χ2v) is 21.4. The lowest BCUT2D eigenvalue weighted by Crippen LogP contribution is -2.31. The zero-order chi connectivity index (χ0) is 56.7. The summed E-state index contributed by atoms with van der Waals surface area (Å²) >= 11 is 3.51. The van der Waals surface area contributed by atoms with Gasteiger partial charge in [0.1, 0.15) is 24.2 Å². The maximum atomic E-state index is 6.17. The third-order valence-electron chi connectivity index (χ3n) is 12.4. The molecule has 0 fully saturated rings. The van der Waals surface area contributed by atoms with Gasteiger partial charge >= 0.3 is 0 Å². The molecule has 12 unspecified atom stereocenters. The molecular formula is C63H95BrO14. The molecule has 0 saturated carbocycles. The molecule has 0 N–H and O–H groups in total. The second-order valence-electron chi connectivity index (χ2n) is 20.8. The van der Waals surface area contributed by atoms with E-state index in [1.807, 2.05) is 107 Å². The molecule has 14 nitrogen and oxygen atoms in total. The average Bonchev–Trinajstić information content (AvgIpc) is 3.45. The van der Waals surface area contributed by atoms with E-state index in [9.17, 15) is 0 Å². The molecule has 0 aromatic heterocycles. The van der Waals surface area contributed by atoms with E-state index < -0.39 is 0 Å². The van der Waals surface area contributed by atoms with Crippen LogP contribution in [0, 0.1) is 0 Å². The Bertz CT molecular complexity index is 2110. The molecule has 4 rings (SSSR count). The van der Waals surface area contributed by atoms with Crippen LogP contribution < -0.4 is 9.47 Å². The largest absolute Gasteiger partial charge is 0.489 e. The van der Waals surface area contributed by atoms with E-state index in [0.29, 0.717) is 85.9 Å². The molecule has 0 radical (unpaired) electrons. The first-order chi connectivity index (χ1) is 37.5. The molecule has 15 heteroatoms. The molecule has 0 saturated heterocycles. The van der Waals surface area contributed by atoms with Crippen LogP contribution in [-0.2, 0) is 68.8 Å². The summed E-state index contributed by atoms with van der Waals surface area (Å²) < 4.78 is 83.0. The van der Waals surface area contributed by atoms with Crippen molar-refractivity contribution in [1.29, 1.82) is 0 Å². The van der Waals surface area contributed by atoms with Gasteiger partial charge < -0.3 is 66.3 Å². The molecule has 0 aliphatic heterocycles. The van der Waals surface area contributed by atoms with Crippen LogP contribution >= 0.6 is 15.9 Å². The van der Waals surface area contributed by atoms with Crippen molar-refractivity contribution in [2.75, 3.05) is 86.4 Å². The summed E-state index contributed by atoms with van der Waals surface area (Å²) in [6.07, 6.45) is -1.01. The first-order valence-electron chi connectivity index (χ1n) is 28.0. The smallest absolute Gasteiger partial charge is 0.119 e. The fourth-order valence-electron chi connectivity index (χ4n) is 7.54. The quantitative estimate of drug-likeness (QED) is 0.0390. The summed E-state index contributed by atoms with van der Waals surface area (Å²) in [5, 5.41) is 0.858. The molecule has 78 heavy (non-hydrogen) atoms. The van der Waals surface area contributed by atoms with Crippen molar-refractivity contribution in [2.45, 2.75) is 168 Å². The van der Waals surface area contributed by atoms with Gasteiger partial charge in [-0.3, -0.25) is 0 Å². The summed E-state index contributed by atoms with van der Waals surface area (Å²) in [4.78, 5) is 0. The van der Waals surface area contributed by atoms with Gasteiger partial charge in [0.05, 0.1) is 146 Å². The normalized spacial score (nSPS) is 16.5. The van der Waals surface area contributed by atoms with Gasteiger partial charge in [-0.15, -0.1) is 0 Å². The van der Waals surface area contributed by atoms with Crippen molar-refractivity contribution in [3.05, 3.63) is 108 Å². The molecule has 4 aromatic rings. The monoisotopic (exact) mass is 1150 g/mol. The van der Waals surface area contributed by atoms with Gasteiger partial charge in [-0.25, -0.2) is 0 Å². The van der Waals surface area contributed by atoms with Gasteiger partial charge in [-0.05, 0) is 141 Å². The minimum absolute atomic E-state index is 0.0314. The number of ether oxygens (including phenoxy) is 14. The Morgan fingerprint density at radius 3 is 0.782 bits per heavy atom. The highest BCUT2D eigenvalue weighted by Crippen LogP contribution is 2.27. The van der Waals surface area contributed by atoms with Crippen LogP contribution in [0.25, 0.3) is 22.3 Å². The van der Waals surface area contributed by atoms with Gasteiger partial charge in [-0.1, -0.05) is 88.7 Å². The van der Waals surface area contributed by atoms with Crippen molar-refractivity contribution in [1.82, 2.24) is 0 Å². The lowest BCUT2D eigenvalue weighted by atomic mass is 10.0. The van der Waals surface area contributed by atoms with Crippen molar-refractivity contribution < 1.29 is 66.3 Å². The summed E-state index contributed by atoms with van der Waals surface area (Å²) in [5.41, 5.74) is 6.98. The highest BCUT2D eigenvalue weighted by molar-refractivity contribution is 9.08. The number of rotatable bonds is 43. The summed E-state index contributed by atoms with van der Waals surface area (Å²) in [7, 11) is 1.67. The minimum atomic E-state index is -0.140. The van der Waals surface area contributed by atoms with E-state index in [-0.39, 0.29) is 73.2 Å². The van der Waals surface area contributed by atoms with Crippen molar-refractivity contribution in [3.8, 4) is 33.8 Å². The number of alkyl halides is 1. The Balaban J connectivity index is 0.968. The third kappa shape index (κ3) is 28.8. The van der Waals surface area contributed by atoms with Crippen LogP contribution in [0.4, 0.5) is 0 Å². The SMILES string of the molecule is COCC(C)OCC(C)OCC(C)OCC(C)OCC(C)OCC(C)OCC(C)OCC(C)OCC(C)OCC(C)OCC(C)OCC(C)Oc1ccc(-c2ccc(OCc3ccc(-c4ccc(CBr)cc4)cc3)cc2)cc1. The van der Waals surface area contributed by atoms with Gasteiger partial charge in [0.25, 0.3) is 0 Å². The van der Waals surface area contributed by atoms with Crippen LogP contribution in [0.15, 0.2) is 97.1 Å². The maximum Gasteiger partial charge on any atom is 0.119 e. The first-order valence-corrected chi connectivity index (χ1v) is 29.1. The zero-order valence-electron chi connectivity index (χ0n) is 49.2.